The van der Waals surface area contributed by atoms with Crippen LogP contribution < -0.4 is 0 Å². The second-order valence-corrected chi connectivity index (χ2v) is 18.9. The molecule has 306 valence electrons. The van der Waals surface area contributed by atoms with E-state index in [1.165, 1.54) is 64.6 Å². The van der Waals surface area contributed by atoms with Gasteiger partial charge in [0.25, 0.3) is 0 Å². The minimum absolute atomic E-state index is 0.165. The zero-order chi connectivity index (χ0) is 41.2. The Balaban J connectivity index is 0.000000154. The molecule has 0 aliphatic heterocycles. The Bertz CT molecular complexity index is 2400. The molecule has 2 heteroatoms. The van der Waals surface area contributed by atoms with Gasteiger partial charge in [-0.1, -0.05) is 175 Å². The molecule has 10 rings (SSSR count). The van der Waals surface area contributed by atoms with Crippen LogP contribution in [0.3, 0.4) is 0 Å². The van der Waals surface area contributed by atoms with Crippen LogP contribution in [-0.4, -0.2) is 16.3 Å². The minimum Gasteiger partial charge on any atom is -0.390 e. The van der Waals surface area contributed by atoms with Crippen LogP contribution in [0.25, 0.3) is 5.57 Å². The first kappa shape index (κ1) is 40.4. The highest BCUT2D eigenvalue weighted by Gasteiger charge is 2.55. The van der Waals surface area contributed by atoms with Crippen molar-refractivity contribution in [3.8, 4) is 0 Å². The minimum atomic E-state index is -1.19. The normalized spacial score (nSPS) is 26.9. The van der Waals surface area contributed by atoms with Gasteiger partial charge in [-0.2, -0.15) is 0 Å². The van der Waals surface area contributed by atoms with Crippen LogP contribution in [0, 0.1) is 25.7 Å². The number of aryl methyl sites for hydroxylation is 4. The predicted molar refractivity (Wildman–Crippen MR) is 248 cm³/mol. The second kappa shape index (κ2) is 17.2. The first-order valence-electron chi connectivity index (χ1n) is 22.7. The Labute approximate surface area is 359 Å². The Kier molecular flexibility index (Phi) is 11.5. The van der Waals surface area contributed by atoms with Crippen LogP contribution >= 0.6 is 0 Å². The highest BCUT2D eigenvalue weighted by molar-refractivity contribution is 5.68. The molecular weight excluding hydrogens is 729 g/mol. The van der Waals surface area contributed by atoms with Gasteiger partial charge in [-0.25, -0.2) is 0 Å². The van der Waals surface area contributed by atoms with Gasteiger partial charge in [0.1, 0.15) is 5.60 Å². The van der Waals surface area contributed by atoms with Crippen LogP contribution in [0.15, 0.2) is 164 Å². The number of aliphatic hydroxyl groups excluding tert-OH is 1. The molecule has 0 saturated heterocycles. The zero-order valence-corrected chi connectivity index (χ0v) is 35.7. The maximum absolute atomic E-state index is 11.8. The standard InChI is InChI=1S/C29H32O2.C29H30/c1-21-15-16-26-23(17-21)11-8-14-25-19-29(31,24-12-6-3-7-13-24)27(30)20-28(25,26)18-22-9-4-2-5-10-22;1-22-15-16-28-26(19-22)13-8-14-27-20-25(24-11-6-3-7-12-24)17-18-29(27,28)21-23-9-4-2-5-10-23/h2-7,9-10,12-13,15-17,25,27,30-31H,8,11,14,18-20H2,1H3;2-7,9-12,15-17,19,27H,8,13-14,18,20-21H2,1H3/t25-,27+,28+,29+;27-,29-/m00/s1. The lowest BCUT2D eigenvalue weighted by Gasteiger charge is -2.53. The molecule has 6 aromatic carbocycles. The van der Waals surface area contributed by atoms with Crippen molar-refractivity contribution in [3.05, 3.63) is 219 Å². The monoisotopic (exact) mass is 790 g/mol. The topological polar surface area (TPSA) is 40.5 Å². The fourth-order valence-corrected chi connectivity index (χ4v) is 12.2. The van der Waals surface area contributed by atoms with Gasteiger partial charge in [0.15, 0.2) is 0 Å². The van der Waals surface area contributed by atoms with Crippen molar-refractivity contribution in [1.82, 2.24) is 0 Å². The second-order valence-electron chi connectivity index (χ2n) is 18.9. The maximum atomic E-state index is 11.8. The van der Waals surface area contributed by atoms with Crippen LogP contribution in [-0.2, 0) is 42.1 Å². The van der Waals surface area contributed by atoms with Gasteiger partial charge in [-0.05, 0) is 153 Å². The average molecular weight is 791 g/mol. The molecule has 0 bridgehead atoms. The number of benzene rings is 6. The Morgan fingerprint density at radius 1 is 0.550 bits per heavy atom. The van der Waals surface area contributed by atoms with Crippen LogP contribution in [0.2, 0.25) is 0 Å². The fourth-order valence-electron chi connectivity index (χ4n) is 12.2. The Hall–Kier alpha value is -5.02. The van der Waals surface area contributed by atoms with Gasteiger partial charge < -0.3 is 10.2 Å². The first-order chi connectivity index (χ1) is 29.3. The predicted octanol–water partition coefficient (Wildman–Crippen LogP) is 12.8. The molecule has 0 aromatic heterocycles. The molecule has 2 nitrogen and oxygen atoms in total. The summed E-state index contributed by atoms with van der Waals surface area (Å²) in [5.41, 5.74) is 14.2. The lowest BCUT2D eigenvalue weighted by molar-refractivity contribution is -0.143. The summed E-state index contributed by atoms with van der Waals surface area (Å²) in [5, 5.41) is 23.3. The molecule has 0 unspecified atom stereocenters. The van der Waals surface area contributed by atoms with Crippen molar-refractivity contribution in [2.75, 3.05) is 0 Å². The number of fused-ring (bicyclic) bond motifs is 6. The summed E-state index contributed by atoms with van der Waals surface area (Å²) >= 11 is 0. The molecule has 2 N–H and O–H groups in total. The molecule has 0 amide bonds. The summed E-state index contributed by atoms with van der Waals surface area (Å²) in [6.45, 7) is 4.40. The van der Waals surface area contributed by atoms with Crippen molar-refractivity contribution >= 4 is 5.57 Å². The molecule has 6 aromatic rings. The van der Waals surface area contributed by atoms with Crippen LogP contribution in [0.1, 0.15) is 107 Å². The average Bonchev–Trinajstić information content (AvgIpc) is 3.51. The number of allylic oxidation sites excluding steroid dienone is 2. The fraction of sp³-hybridized carbons (Fsp3) is 0.345. The zero-order valence-electron chi connectivity index (χ0n) is 35.7. The quantitative estimate of drug-likeness (QED) is 0.176. The van der Waals surface area contributed by atoms with Crippen molar-refractivity contribution in [1.29, 1.82) is 0 Å². The third-order valence-electron chi connectivity index (χ3n) is 15.1. The molecule has 4 aliphatic rings. The summed E-state index contributed by atoms with van der Waals surface area (Å²) < 4.78 is 0. The van der Waals surface area contributed by atoms with E-state index in [4.69, 9.17) is 0 Å². The van der Waals surface area contributed by atoms with Crippen LogP contribution in [0.4, 0.5) is 0 Å². The van der Waals surface area contributed by atoms with Crippen molar-refractivity contribution < 1.29 is 10.2 Å². The van der Waals surface area contributed by atoms with Crippen molar-refractivity contribution in [3.63, 3.8) is 0 Å². The van der Waals surface area contributed by atoms with Gasteiger partial charge in [0.05, 0.1) is 6.10 Å². The molecule has 6 atom stereocenters. The molecule has 60 heavy (non-hydrogen) atoms. The highest BCUT2D eigenvalue weighted by Crippen LogP contribution is 2.56. The van der Waals surface area contributed by atoms with Crippen molar-refractivity contribution in [2.45, 2.75) is 113 Å². The molecule has 0 heterocycles. The van der Waals surface area contributed by atoms with Gasteiger partial charge in [0.2, 0.25) is 0 Å². The highest BCUT2D eigenvalue weighted by atomic mass is 16.3. The van der Waals surface area contributed by atoms with E-state index >= 15 is 0 Å². The summed E-state index contributed by atoms with van der Waals surface area (Å²) in [6, 6.07) is 56.8. The third kappa shape index (κ3) is 7.86. The third-order valence-corrected chi connectivity index (χ3v) is 15.1. The number of rotatable bonds is 6. The van der Waals surface area contributed by atoms with Crippen LogP contribution in [0.5, 0.6) is 0 Å². The molecule has 1 fully saturated rings. The van der Waals surface area contributed by atoms with E-state index in [9.17, 15) is 10.2 Å². The van der Waals surface area contributed by atoms with E-state index < -0.39 is 11.7 Å². The smallest absolute Gasteiger partial charge is 0.116 e. The summed E-state index contributed by atoms with van der Waals surface area (Å²) in [7, 11) is 0. The molecule has 0 spiro atoms. The van der Waals surface area contributed by atoms with E-state index in [1.807, 2.05) is 30.3 Å². The molecule has 4 aliphatic carbocycles. The van der Waals surface area contributed by atoms with Gasteiger partial charge in [-0.15, -0.1) is 0 Å². The van der Waals surface area contributed by atoms with Crippen molar-refractivity contribution in [2.24, 2.45) is 11.8 Å². The number of hydrogen-bond donors (Lipinski definition) is 2. The number of hydrogen-bond acceptors (Lipinski definition) is 2. The van der Waals surface area contributed by atoms with Gasteiger partial charge in [-0.3, -0.25) is 0 Å². The number of aliphatic hydroxyl groups is 2. The van der Waals surface area contributed by atoms with E-state index in [0.717, 1.165) is 44.1 Å². The van der Waals surface area contributed by atoms with E-state index in [1.54, 1.807) is 16.7 Å². The SMILES string of the molecule is Cc1ccc2c(c1)CCC[C@H]1CC(c3ccccc3)=CC[C@@]21Cc1ccccc1.Cc1ccc2c(c1)CCC[C@H]1C[C@@](O)(c3ccccc3)[C@H](O)C[C@@]21Cc1ccccc1. The lowest BCUT2D eigenvalue weighted by Crippen LogP contribution is -2.55. The van der Waals surface area contributed by atoms with Gasteiger partial charge in [0, 0.05) is 10.8 Å². The summed E-state index contributed by atoms with van der Waals surface area (Å²) in [4.78, 5) is 0. The molecule has 1 saturated carbocycles. The van der Waals surface area contributed by atoms with E-state index in [0.29, 0.717) is 24.7 Å². The van der Waals surface area contributed by atoms with E-state index in [2.05, 4.69) is 147 Å². The molecular formula is C58H62O2. The first-order valence-corrected chi connectivity index (χ1v) is 22.7. The van der Waals surface area contributed by atoms with E-state index in [-0.39, 0.29) is 10.8 Å². The summed E-state index contributed by atoms with van der Waals surface area (Å²) in [5.74, 6) is 1.01. The Morgan fingerprint density at radius 2 is 1.05 bits per heavy atom. The Morgan fingerprint density at radius 3 is 1.63 bits per heavy atom. The van der Waals surface area contributed by atoms with Gasteiger partial charge >= 0.3 is 0 Å². The lowest BCUT2D eigenvalue weighted by atomic mass is 9.54. The molecule has 0 radical (unpaired) electrons. The largest absolute Gasteiger partial charge is 0.390 e. The maximum Gasteiger partial charge on any atom is 0.116 e. The summed E-state index contributed by atoms with van der Waals surface area (Å²) in [6.07, 6.45) is 14.4.